The molecule has 0 aromatic heterocycles. The first-order valence-electron chi connectivity index (χ1n) is 5.68. The Bertz CT molecular complexity index is 384. The van der Waals surface area contributed by atoms with E-state index in [-0.39, 0.29) is 18.0 Å². The smallest absolute Gasteiger partial charge is 0.128 e. The van der Waals surface area contributed by atoms with Gasteiger partial charge >= 0.3 is 0 Å². The Morgan fingerprint density at radius 2 is 1.89 bits per heavy atom. The molecule has 1 saturated heterocycles. The second-order valence-electron chi connectivity index (χ2n) is 4.12. The fourth-order valence-corrected chi connectivity index (χ4v) is 2.14. The maximum absolute atomic E-state index is 13.6. The quantitative estimate of drug-likeness (QED) is 0.914. The van der Waals surface area contributed by atoms with Crippen LogP contribution in [0.25, 0.3) is 0 Å². The van der Waals surface area contributed by atoms with Gasteiger partial charge in [0.05, 0.1) is 6.04 Å². The lowest BCUT2D eigenvalue weighted by molar-refractivity contribution is 0.144. The summed E-state index contributed by atoms with van der Waals surface area (Å²) in [4.78, 5) is 1.84. The van der Waals surface area contributed by atoms with Gasteiger partial charge in [-0.05, 0) is 18.2 Å². The molecule has 1 heterocycles. The van der Waals surface area contributed by atoms with Crippen LogP contribution in [-0.2, 0) is 0 Å². The Kier molecular flexibility index (Phi) is 5.91. The zero-order valence-corrected chi connectivity index (χ0v) is 10.7. The van der Waals surface area contributed by atoms with Crippen molar-refractivity contribution in [2.75, 3.05) is 32.9 Å². The van der Waals surface area contributed by atoms with Crippen LogP contribution in [0.2, 0.25) is 0 Å². The third-order valence-electron chi connectivity index (χ3n) is 3.06. The molecule has 6 heteroatoms. The zero-order chi connectivity index (χ0) is 12.3. The number of hydrogen-bond donors (Lipinski definition) is 1. The predicted octanol–water partition coefficient (Wildman–Crippen LogP) is 2.30. The van der Waals surface area contributed by atoms with Gasteiger partial charge in [-0.15, -0.1) is 12.4 Å². The Hall–Kier alpha value is -0.780. The number of nitrogens with one attached hydrogen (secondary N) is 1. The van der Waals surface area contributed by atoms with Crippen LogP contribution in [-0.4, -0.2) is 37.8 Å². The summed E-state index contributed by atoms with van der Waals surface area (Å²) in [7, 11) is 0. The molecule has 1 aliphatic rings. The third-order valence-corrected chi connectivity index (χ3v) is 3.06. The van der Waals surface area contributed by atoms with Crippen molar-refractivity contribution in [2.45, 2.75) is 6.04 Å². The molecule has 1 atom stereocenters. The van der Waals surface area contributed by atoms with E-state index in [0.29, 0.717) is 13.1 Å². The summed E-state index contributed by atoms with van der Waals surface area (Å²) in [5, 5.41) is 3.14. The lowest BCUT2D eigenvalue weighted by atomic mass is 10.0. The van der Waals surface area contributed by atoms with Crippen molar-refractivity contribution < 1.29 is 13.2 Å². The number of rotatable bonds is 3. The highest BCUT2D eigenvalue weighted by molar-refractivity contribution is 5.85. The van der Waals surface area contributed by atoms with Gasteiger partial charge in [-0.2, -0.15) is 0 Å². The van der Waals surface area contributed by atoms with Crippen molar-refractivity contribution in [1.29, 1.82) is 0 Å². The van der Waals surface area contributed by atoms with Gasteiger partial charge in [0.15, 0.2) is 0 Å². The number of nitrogens with zero attached hydrogens (tertiary/aromatic N) is 1. The highest BCUT2D eigenvalue weighted by Gasteiger charge is 2.24. The fourth-order valence-electron chi connectivity index (χ4n) is 2.14. The second-order valence-corrected chi connectivity index (χ2v) is 4.12. The Balaban J connectivity index is 0.00000162. The number of halogens is 4. The van der Waals surface area contributed by atoms with E-state index >= 15 is 0 Å². The molecule has 18 heavy (non-hydrogen) atoms. The summed E-state index contributed by atoms with van der Waals surface area (Å²) in [6.45, 7) is 2.07. The topological polar surface area (TPSA) is 15.3 Å². The minimum absolute atomic E-state index is 0. The number of alkyl halides is 1. The van der Waals surface area contributed by atoms with Gasteiger partial charge in [0, 0.05) is 31.7 Å². The molecule has 2 rings (SSSR count). The Morgan fingerprint density at radius 1 is 1.22 bits per heavy atom. The summed E-state index contributed by atoms with van der Waals surface area (Å²) in [5.74, 6) is -1.08. The minimum Gasteiger partial charge on any atom is -0.314 e. The van der Waals surface area contributed by atoms with E-state index in [4.69, 9.17) is 0 Å². The first-order valence-corrected chi connectivity index (χ1v) is 5.68. The molecule has 0 radical (unpaired) electrons. The Morgan fingerprint density at radius 3 is 2.50 bits per heavy atom. The van der Waals surface area contributed by atoms with Gasteiger partial charge in [0.1, 0.15) is 18.3 Å². The molecule has 0 amide bonds. The van der Waals surface area contributed by atoms with E-state index in [1.54, 1.807) is 0 Å². The number of benzene rings is 1. The van der Waals surface area contributed by atoms with Gasteiger partial charge in [-0.1, -0.05) is 0 Å². The molecule has 102 valence electrons. The van der Waals surface area contributed by atoms with Crippen molar-refractivity contribution >= 4 is 12.4 Å². The Labute approximate surface area is 111 Å². The SMILES string of the molecule is Cl.FC[C@H](c1cc(F)ccc1F)N1CCNCC1. The van der Waals surface area contributed by atoms with Gasteiger partial charge in [-0.25, -0.2) is 13.2 Å². The van der Waals surface area contributed by atoms with Gasteiger partial charge in [0.2, 0.25) is 0 Å². The molecule has 1 aromatic carbocycles. The van der Waals surface area contributed by atoms with E-state index in [0.717, 1.165) is 31.3 Å². The normalized spacial score (nSPS) is 18.2. The van der Waals surface area contributed by atoms with Crippen LogP contribution >= 0.6 is 12.4 Å². The van der Waals surface area contributed by atoms with Crippen molar-refractivity contribution in [3.05, 3.63) is 35.4 Å². The van der Waals surface area contributed by atoms with E-state index in [9.17, 15) is 13.2 Å². The molecule has 1 N–H and O–H groups in total. The lowest BCUT2D eigenvalue weighted by Gasteiger charge is -2.33. The largest absolute Gasteiger partial charge is 0.314 e. The maximum Gasteiger partial charge on any atom is 0.128 e. The summed E-state index contributed by atoms with van der Waals surface area (Å²) in [6.07, 6.45) is 0. The van der Waals surface area contributed by atoms with E-state index < -0.39 is 24.4 Å². The molecular weight excluding hydrogens is 265 g/mol. The monoisotopic (exact) mass is 280 g/mol. The van der Waals surface area contributed by atoms with Gasteiger partial charge < -0.3 is 5.32 Å². The average molecular weight is 281 g/mol. The van der Waals surface area contributed by atoms with E-state index in [1.165, 1.54) is 0 Å². The molecule has 0 spiro atoms. The summed E-state index contributed by atoms with van der Waals surface area (Å²) >= 11 is 0. The molecule has 0 unspecified atom stereocenters. The highest BCUT2D eigenvalue weighted by atomic mass is 35.5. The van der Waals surface area contributed by atoms with Crippen LogP contribution in [0, 0.1) is 11.6 Å². The fraction of sp³-hybridized carbons (Fsp3) is 0.500. The molecular formula is C12H16ClF3N2. The molecule has 1 aromatic rings. The first kappa shape index (κ1) is 15.3. The summed E-state index contributed by atoms with van der Waals surface area (Å²) in [5.41, 5.74) is 0.106. The average Bonchev–Trinajstić information content (AvgIpc) is 2.36. The van der Waals surface area contributed by atoms with Crippen LogP contribution in [0.4, 0.5) is 13.2 Å². The second kappa shape index (κ2) is 6.97. The van der Waals surface area contributed by atoms with Crippen LogP contribution in [0.15, 0.2) is 18.2 Å². The van der Waals surface area contributed by atoms with Crippen LogP contribution < -0.4 is 5.32 Å². The molecule has 0 saturated carbocycles. The van der Waals surface area contributed by atoms with Gasteiger partial charge in [0.25, 0.3) is 0 Å². The standard InChI is InChI=1S/C12H15F3N2.ClH/c13-8-12(17-5-3-16-4-6-17)10-7-9(14)1-2-11(10)15;/h1-2,7,12,16H,3-6,8H2;1H/t12-;/m1./s1. The molecule has 1 fully saturated rings. The molecule has 1 aliphatic heterocycles. The van der Waals surface area contributed by atoms with Crippen molar-refractivity contribution in [2.24, 2.45) is 0 Å². The maximum atomic E-state index is 13.6. The molecule has 0 bridgehead atoms. The van der Waals surface area contributed by atoms with E-state index in [1.807, 2.05) is 4.90 Å². The summed E-state index contributed by atoms with van der Waals surface area (Å²) < 4.78 is 39.8. The molecule has 0 aliphatic carbocycles. The minimum atomic E-state index is -0.708. The van der Waals surface area contributed by atoms with Crippen molar-refractivity contribution in [3.8, 4) is 0 Å². The van der Waals surface area contributed by atoms with Crippen LogP contribution in [0.5, 0.6) is 0 Å². The lowest BCUT2D eigenvalue weighted by Crippen LogP contribution is -2.45. The molecule has 2 nitrogen and oxygen atoms in total. The van der Waals surface area contributed by atoms with E-state index in [2.05, 4.69) is 5.32 Å². The summed E-state index contributed by atoms with van der Waals surface area (Å²) in [6, 6.07) is 2.50. The zero-order valence-electron chi connectivity index (χ0n) is 9.83. The third kappa shape index (κ3) is 3.37. The van der Waals surface area contributed by atoms with Gasteiger partial charge in [-0.3, -0.25) is 4.90 Å². The number of piperazine rings is 1. The van der Waals surface area contributed by atoms with Crippen LogP contribution in [0.3, 0.4) is 0 Å². The predicted molar refractivity (Wildman–Crippen MR) is 66.8 cm³/mol. The highest BCUT2D eigenvalue weighted by Crippen LogP contribution is 2.25. The number of hydrogen-bond acceptors (Lipinski definition) is 2. The van der Waals surface area contributed by atoms with Crippen LogP contribution in [0.1, 0.15) is 11.6 Å². The van der Waals surface area contributed by atoms with Crippen molar-refractivity contribution in [3.63, 3.8) is 0 Å². The first-order chi connectivity index (χ1) is 8.22. The van der Waals surface area contributed by atoms with Crippen molar-refractivity contribution in [1.82, 2.24) is 10.2 Å².